The molecule has 0 saturated heterocycles. The van der Waals surface area contributed by atoms with Crippen LogP contribution in [0.25, 0.3) is 11.4 Å². The van der Waals surface area contributed by atoms with Gasteiger partial charge >= 0.3 is 0 Å². The van der Waals surface area contributed by atoms with E-state index in [1.807, 2.05) is 42.1 Å². The molecular weight excluding hydrogens is 236 g/mol. The first-order chi connectivity index (χ1) is 9.31. The van der Waals surface area contributed by atoms with Crippen molar-refractivity contribution in [1.82, 2.24) is 14.8 Å². The second kappa shape index (κ2) is 7.04. The minimum atomic E-state index is 0.794. The van der Waals surface area contributed by atoms with Crippen LogP contribution in [0.2, 0.25) is 0 Å². The van der Waals surface area contributed by atoms with E-state index in [1.165, 1.54) is 12.8 Å². The summed E-state index contributed by atoms with van der Waals surface area (Å²) in [7, 11) is 1.97. The minimum absolute atomic E-state index is 0.794. The SMILES string of the molecule is Cn1nc(-c2ccccc2)nc1CCCCCCN. The van der Waals surface area contributed by atoms with Gasteiger partial charge in [0.2, 0.25) is 0 Å². The third kappa shape index (κ3) is 3.89. The van der Waals surface area contributed by atoms with Crippen molar-refractivity contribution in [2.24, 2.45) is 12.8 Å². The monoisotopic (exact) mass is 258 g/mol. The predicted molar refractivity (Wildman–Crippen MR) is 77.7 cm³/mol. The molecule has 0 atom stereocenters. The molecule has 0 bridgehead atoms. The summed E-state index contributed by atoms with van der Waals surface area (Å²) < 4.78 is 1.89. The van der Waals surface area contributed by atoms with E-state index in [0.717, 1.165) is 43.0 Å². The third-order valence-corrected chi connectivity index (χ3v) is 3.24. The molecule has 4 nitrogen and oxygen atoms in total. The van der Waals surface area contributed by atoms with Crippen LogP contribution in [0.4, 0.5) is 0 Å². The van der Waals surface area contributed by atoms with Gasteiger partial charge in [0.1, 0.15) is 5.82 Å². The van der Waals surface area contributed by atoms with Crippen LogP contribution in [0.5, 0.6) is 0 Å². The molecule has 0 unspecified atom stereocenters. The van der Waals surface area contributed by atoms with E-state index in [0.29, 0.717) is 0 Å². The van der Waals surface area contributed by atoms with Crippen molar-refractivity contribution in [2.75, 3.05) is 6.54 Å². The van der Waals surface area contributed by atoms with Gasteiger partial charge in [-0.2, -0.15) is 5.10 Å². The van der Waals surface area contributed by atoms with E-state index in [-0.39, 0.29) is 0 Å². The molecule has 2 aromatic rings. The zero-order valence-electron chi connectivity index (χ0n) is 11.5. The second-order valence-electron chi connectivity index (χ2n) is 4.79. The number of aromatic nitrogens is 3. The van der Waals surface area contributed by atoms with E-state index in [2.05, 4.69) is 10.1 Å². The van der Waals surface area contributed by atoms with Crippen LogP contribution in [0.1, 0.15) is 31.5 Å². The molecule has 0 aliphatic rings. The van der Waals surface area contributed by atoms with Crippen molar-refractivity contribution in [1.29, 1.82) is 0 Å². The number of hydrogen-bond acceptors (Lipinski definition) is 3. The molecule has 0 aliphatic heterocycles. The Morgan fingerprint density at radius 3 is 2.53 bits per heavy atom. The molecule has 2 N–H and O–H groups in total. The molecule has 1 aromatic carbocycles. The Morgan fingerprint density at radius 2 is 1.79 bits per heavy atom. The molecule has 0 fully saturated rings. The predicted octanol–water partition coefficient (Wildman–Crippen LogP) is 2.54. The zero-order valence-corrected chi connectivity index (χ0v) is 11.5. The van der Waals surface area contributed by atoms with Gasteiger partial charge in [-0.1, -0.05) is 43.2 Å². The Balaban J connectivity index is 1.94. The standard InChI is InChI=1S/C15H22N4/c1-19-14(11-7-2-3-8-12-16)17-15(18-19)13-9-5-4-6-10-13/h4-6,9-10H,2-3,7-8,11-12,16H2,1H3. The molecule has 0 radical (unpaired) electrons. The molecule has 4 heteroatoms. The first-order valence-corrected chi connectivity index (χ1v) is 6.96. The van der Waals surface area contributed by atoms with Gasteiger partial charge in [0.15, 0.2) is 5.82 Å². The van der Waals surface area contributed by atoms with E-state index < -0.39 is 0 Å². The summed E-state index contributed by atoms with van der Waals surface area (Å²) in [6.45, 7) is 0.794. The number of hydrogen-bond donors (Lipinski definition) is 1. The summed E-state index contributed by atoms with van der Waals surface area (Å²) in [5.74, 6) is 1.88. The number of rotatable bonds is 7. The van der Waals surface area contributed by atoms with E-state index in [9.17, 15) is 0 Å². The fourth-order valence-electron chi connectivity index (χ4n) is 2.12. The highest BCUT2D eigenvalue weighted by Crippen LogP contribution is 2.15. The highest BCUT2D eigenvalue weighted by atomic mass is 15.3. The van der Waals surface area contributed by atoms with Crippen molar-refractivity contribution in [2.45, 2.75) is 32.1 Å². The maximum absolute atomic E-state index is 5.49. The van der Waals surface area contributed by atoms with Crippen molar-refractivity contribution in [3.05, 3.63) is 36.2 Å². The summed E-state index contributed by atoms with van der Waals surface area (Å²) in [5.41, 5.74) is 6.56. The number of aryl methyl sites for hydroxylation is 2. The lowest BCUT2D eigenvalue weighted by atomic mass is 10.1. The van der Waals surface area contributed by atoms with E-state index in [1.54, 1.807) is 0 Å². The third-order valence-electron chi connectivity index (χ3n) is 3.24. The quantitative estimate of drug-likeness (QED) is 0.776. The smallest absolute Gasteiger partial charge is 0.181 e. The highest BCUT2D eigenvalue weighted by molar-refractivity contribution is 5.53. The molecule has 0 saturated carbocycles. The van der Waals surface area contributed by atoms with Crippen LogP contribution in [0.3, 0.4) is 0 Å². The van der Waals surface area contributed by atoms with Crippen LogP contribution in [0.15, 0.2) is 30.3 Å². The minimum Gasteiger partial charge on any atom is -0.330 e. The van der Waals surface area contributed by atoms with Crippen LogP contribution >= 0.6 is 0 Å². The lowest BCUT2D eigenvalue weighted by molar-refractivity contribution is 0.612. The normalized spacial score (nSPS) is 10.8. The Morgan fingerprint density at radius 1 is 1.05 bits per heavy atom. The maximum Gasteiger partial charge on any atom is 0.181 e. The second-order valence-corrected chi connectivity index (χ2v) is 4.79. The molecule has 19 heavy (non-hydrogen) atoms. The molecule has 102 valence electrons. The van der Waals surface area contributed by atoms with Gasteiger partial charge in [0.25, 0.3) is 0 Å². The van der Waals surface area contributed by atoms with Gasteiger partial charge in [-0.25, -0.2) is 4.98 Å². The Labute approximate surface area is 114 Å². The van der Waals surface area contributed by atoms with Crippen LogP contribution < -0.4 is 5.73 Å². The zero-order chi connectivity index (χ0) is 13.5. The average Bonchev–Trinajstić information content (AvgIpc) is 2.81. The molecule has 1 aromatic heterocycles. The highest BCUT2D eigenvalue weighted by Gasteiger charge is 2.08. The molecule has 0 aliphatic carbocycles. The number of unbranched alkanes of at least 4 members (excludes halogenated alkanes) is 3. The molecule has 0 amide bonds. The number of nitrogens with two attached hydrogens (primary N) is 1. The Kier molecular flexibility index (Phi) is 5.10. The Bertz CT molecular complexity index is 490. The molecule has 2 rings (SSSR count). The summed E-state index contributed by atoms with van der Waals surface area (Å²) in [6.07, 6.45) is 5.68. The number of nitrogens with zero attached hydrogens (tertiary/aromatic N) is 3. The van der Waals surface area contributed by atoms with Gasteiger partial charge in [0, 0.05) is 19.0 Å². The van der Waals surface area contributed by atoms with Crippen LogP contribution in [-0.4, -0.2) is 21.3 Å². The number of benzene rings is 1. The van der Waals surface area contributed by atoms with E-state index >= 15 is 0 Å². The van der Waals surface area contributed by atoms with Gasteiger partial charge in [-0.05, 0) is 19.4 Å². The fourth-order valence-corrected chi connectivity index (χ4v) is 2.12. The average molecular weight is 258 g/mol. The summed E-state index contributed by atoms with van der Waals surface area (Å²) in [4.78, 5) is 4.62. The van der Waals surface area contributed by atoms with Crippen molar-refractivity contribution >= 4 is 0 Å². The molecular formula is C15H22N4. The summed E-state index contributed by atoms with van der Waals surface area (Å²) in [6, 6.07) is 10.1. The summed E-state index contributed by atoms with van der Waals surface area (Å²) in [5, 5.41) is 4.48. The van der Waals surface area contributed by atoms with Gasteiger partial charge in [0.05, 0.1) is 0 Å². The largest absolute Gasteiger partial charge is 0.330 e. The van der Waals surface area contributed by atoms with Crippen LogP contribution in [0, 0.1) is 0 Å². The first-order valence-electron chi connectivity index (χ1n) is 6.96. The van der Waals surface area contributed by atoms with Gasteiger partial charge in [-0.15, -0.1) is 0 Å². The van der Waals surface area contributed by atoms with Crippen molar-refractivity contribution in [3.63, 3.8) is 0 Å². The van der Waals surface area contributed by atoms with Crippen molar-refractivity contribution in [3.8, 4) is 11.4 Å². The van der Waals surface area contributed by atoms with Crippen molar-refractivity contribution < 1.29 is 0 Å². The Hall–Kier alpha value is -1.68. The molecule has 0 spiro atoms. The molecule has 1 heterocycles. The fraction of sp³-hybridized carbons (Fsp3) is 0.467. The topological polar surface area (TPSA) is 56.7 Å². The van der Waals surface area contributed by atoms with Crippen LogP contribution in [-0.2, 0) is 13.5 Å². The lowest BCUT2D eigenvalue weighted by Crippen LogP contribution is -2.00. The van der Waals surface area contributed by atoms with Gasteiger partial charge < -0.3 is 5.73 Å². The summed E-state index contributed by atoms with van der Waals surface area (Å²) >= 11 is 0. The van der Waals surface area contributed by atoms with Gasteiger partial charge in [-0.3, -0.25) is 4.68 Å². The maximum atomic E-state index is 5.49. The van der Waals surface area contributed by atoms with E-state index in [4.69, 9.17) is 5.73 Å². The first kappa shape index (κ1) is 13.7. The lowest BCUT2D eigenvalue weighted by Gasteiger charge is -1.99.